The molecule has 26 heavy (non-hydrogen) atoms. The Labute approximate surface area is 152 Å². The van der Waals surface area contributed by atoms with E-state index in [9.17, 15) is 13.2 Å². The Kier molecular flexibility index (Phi) is 5.99. The van der Waals surface area contributed by atoms with E-state index in [0.29, 0.717) is 11.1 Å². The second-order valence-corrected chi connectivity index (χ2v) is 7.16. The third-order valence-electron chi connectivity index (χ3n) is 3.44. The predicted octanol–water partition coefficient (Wildman–Crippen LogP) is 2.55. The number of ether oxygens (including phenoxy) is 1. The average molecular weight is 376 g/mol. The SMILES string of the molecule is COc1cc(/C=N\NC(C)=O)ccc1OS(=O)(=O)c1cc(C)ccc1C. The Morgan fingerprint density at radius 2 is 1.85 bits per heavy atom. The zero-order chi connectivity index (χ0) is 19.3. The van der Waals surface area contributed by atoms with Crippen molar-refractivity contribution in [3.63, 3.8) is 0 Å². The van der Waals surface area contributed by atoms with Gasteiger partial charge in [-0.1, -0.05) is 12.1 Å². The molecule has 7 nitrogen and oxygen atoms in total. The van der Waals surface area contributed by atoms with Gasteiger partial charge in [-0.15, -0.1) is 0 Å². The number of carbonyl (C=O) groups is 1. The Morgan fingerprint density at radius 1 is 1.12 bits per heavy atom. The maximum atomic E-state index is 12.6. The normalized spacial score (nSPS) is 11.4. The molecule has 0 bridgehead atoms. The van der Waals surface area contributed by atoms with Gasteiger partial charge in [0.1, 0.15) is 4.90 Å². The smallest absolute Gasteiger partial charge is 0.339 e. The molecule has 0 heterocycles. The minimum absolute atomic E-state index is 0.0603. The summed E-state index contributed by atoms with van der Waals surface area (Å²) in [6.45, 7) is 4.85. The molecule has 0 aromatic heterocycles. The van der Waals surface area contributed by atoms with Crippen LogP contribution in [0.5, 0.6) is 11.5 Å². The molecule has 0 fully saturated rings. The van der Waals surface area contributed by atoms with E-state index in [0.717, 1.165) is 5.56 Å². The van der Waals surface area contributed by atoms with Crippen molar-refractivity contribution >= 4 is 22.2 Å². The number of hydrogen-bond donors (Lipinski definition) is 1. The van der Waals surface area contributed by atoms with Crippen LogP contribution in [0.25, 0.3) is 0 Å². The number of methoxy groups -OCH3 is 1. The summed E-state index contributed by atoms with van der Waals surface area (Å²) in [4.78, 5) is 10.9. The zero-order valence-corrected chi connectivity index (χ0v) is 15.8. The van der Waals surface area contributed by atoms with Gasteiger partial charge in [0.15, 0.2) is 11.5 Å². The molecule has 2 aromatic carbocycles. The summed E-state index contributed by atoms with van der Waals surface area (Å²) < 4.78 is 35.7. The van der Waals surface area contributed by atoms with E-state index in [1.165, 1.54) is 26.3 Å². The van der Waals surface area contributed by atoms with Gasteiger partial charge >= 0.3 is 10.1 Å². The molecule has 0 saturated carbocycles. The molecule has 0 aliphatic heterocycles. The van der Waals surface area contributed by atoms with Crippen LogP contribution in [-0.2, 0) is 14.9 Å². The van der Waals surface area contributed by atoms with Crippen LogP contribution in [0.15, 0.2) is 46.4 Å². The van der Waals surface area contributed by atoms with Gasteiger partial charge < -0.3 is 8.92 Å². The number of hydrogen-bond acceptors (Lipinski definition) is 6. The van der Waals surface area contributed by atoms with Crippen molar-refractivity contribution in [2.24, 2.45) is 5.10 Å². The Bertz CT molecular complexity index is 952. The molecule has 1 N–H and O–H groups in total. The van der Waals surface area contributed by atoms with Crippen LogP contribution in [0.3, 0.4) is 0 Å². The number of hydrazone groups is 1. The number of carbonyl (C=O) groups excluding carboxylic acids is 1. The molecule has 0 aliphatic rings. The number of rotatable bonds is 6. The number of amides is 1. The van der Waals surface area contributed by atoms with Gasteiger partial charge in [0.2, 0.25) is 5.91 Å². The lowest BCUT2D eigenvalue weighted by atomic mass is 10.2. The van der Waals surface area contributed by atoms with Gasteiger partial charge in [-0.3, -0.25) is 4.79 Å². The van der Waals surface area contributed by atoms with E-state index < -0.39 is 10.1 Å². The van der Waals surface area contributed by atoms with Gasteiger partial charge in [-0.25, -0.2) is 5.43 Å². The number of benzene rings is 2. The first-order chi connectivity index (χ1) is 12.2. The summed E-state index contributed by atoms with van der Waals surface area (Å²) in [5.41, 5.74) is 4.29. The minimum Gasteiger partial charge on any atom is -0.493 e. The molecule has 0 aliphatic carbocycles. The van der Waals surface area contributed by atoms with Gasteiger partial charge in [-0.05, 0) is 54.8 Å². The molecule has 0 atom stereocenters. The monoisotopic (exact) mass is 376 g/mol. The molecule has 0 unspecified atom stereocenters. The van der Waals surface area contributed by atoms with Crippen molar-refractivity contribution in [3.8, 4) is 11.5 Å². The van der Waals surface area contributed by atoms with Crippen LogP contribution in [0, 0.1) is 13.8 Å². The lowest BCUT2D eigenvalue weighted by molar-refractivity contribution is -0.118. The molecule has 1 amide bonds. The second kappa shape index (κ2) is 8.01. The van der Waals surface area contributed by atoms with Crippen molar-refractivity contribution in [2.45, 2.75) is 25.7 Å². The van der Waals surface area contributed by atoms with E-state index in [2.05, 4.69) is 10.5 Å². The fourth-order valence-electron chi connectivity index (χ4n) is 2.17. The fourth-order valence-corrected chi connectivity index (χ4v) is 3.43. The highest BCUT2D eigenvalue weighted by molar-refractivity contribution is 7.87. The summed E-state index contributed by atoms with van der Waals surface area (Å²) in [7, 11) is -2.61. The standard InChI is InChI=1S/C18H20N2O5S/c1-12-5-6-13(2)18(9-12)26(22,23)25-16-8-7-15(10-17(16)24-4)11-19-20-14(3)21/h5-11H,1-4H3,(H,20,21)/b19-11-. The van der Waals surface area contributed by atoms with Crippen LogP contribution in [0.4, 0.5) is 0 Å². The van der Waals surface area contributed by atoms with Crippen LogP contribution in [-0.4, -0.2) is 27.6 Å². The van der Waals surface area contributed by atoms with Crippen molar-refractivity contribution in [3.05, 3.63) is 53.1 Å². The molecular weight excluding hydrogens is 356 g/mol. The maximum Gasteiger partial charge on any atom is 0.339 e. The van der Waals surface area contributed by atoms with Gasteiger partial charge in [0.05, 0.1) is 13.3 Å². The maximum absolute atomic E-state index is 12.6. The third-order valence-corrected chi connectivity index (χ3v) is 4.81. The molecule has 2 rings (SSSR count). The first kappa shape index (κ1) is 19.5. The highest BCUT2D eigenvalue weighted by Gasteiger charge is 2.21. The molecule has 8 heteroatoms. The number of nitrogens with one attached hydrogen (secondary N) is 1. The largest absolute Gasteiger partial charge is 0.493 e. The van der Waals surface area contributed by atoms with E-state index in [1.54, 1.807) is 31.2 Å². The van der Waals surface area contributed by atoms with Crippen LogP contribution in [0.1, 0.15) is 23.6 Å². The Hall–Kier alpha value is -2.87. The van der Waals surface area contributed by atoms with E-state index >= 15 is 0 Å². The number of aryl methyl sites for hydroxylation is 2. The highest BCUT2D eigenvalue weighted by Crippen LogP contribution is 2.31. The van der Waals surface area contributed by atoms with Crippen molar-refractivity contribution in [1.29, 1.82) is 0 Å². The quantitative estimate of drug-likeness (QED) is 0.475. The topological polar surface area (TPSA) is 94.1 Å². The lowest BCUT2D eigenvalue weighted by Gasteiger charge is -2.13. The summed E-state index contributed by atoms with van der Waals surface area (Å²) in [5.74, 6) is -0.0106. The van der Waals surface area contributed by atoms with Crippen molar-refractivity contribution in [1.82, 2.24) is 5.43 Å². The summed E-state index contributed by atoms with van der Waals surface area (Å²) >= 11 is 0. The third kappa shape index (κ3) is 4.82. The van der Waals surface area contributed by atoms with E-state index in [1.807, 2.05) is 13.0 Å². The van der Waals surface area contributed by atoms with Crippen LogP contribution in [0.2, 0.25) is 0 Å². The van der Waals surface area contributed by atoms with Gasteiger partial charge in [-0.2, -0.15) is 13.5 Å². The zero-order valence-electron chi connectivity index (χ0n) is 14.9. The molecular formula is C18H20N2O5S. The lowest BCUT2D eigenvalue weighted by Crippen LogP contribution is -2.13. The molecule has 2 aromatic rings. The Balaban J connectivity index is 2.32. The van der Waals surface area contributed by atoms with E-state index in [-0.39, 0.29) is 22.3 Å². The highest BCUT2D eigenvalue weighted by atomic mass is 32.2. The van der Waals surface area contributed by atoms with E-state index in [4.69, 9.17) is 8.92 Å². The van der Waals surface area contributed by atoms with Crippen LogP contribution >= 0.6 is 0 Å². The van der Waals surface area contributed by atoms with Gasteiger partial charge in [0.25, 0.3) is 0 Å². The summed E-state index contributed by atoms with van der Waals surface area (Å²) in [6.07, 6.45) is 1.41. The molecule has 0 radical (unpaired) electrons. The summed E-state index contributed by atoms with van der Waals surface area (Å²) in [6, 6.07) is 9.74. The first-order valence-corrected chi connectivity index (χ1v) is 9.13. The molecule has 138 valence electrons. The van der Waals surface area contributed by atoms with Crippen LogP contribution < -0.4 is 14.3 Å². The molecule has 0 spiro atoms. The van der Waals surface area contributed by atoms with Gasteiger partial charge in [0, 0.05) is 6.92 Å². The predicted molar refractivity (Wildman–Crippen MR) is 98.1 cm³/mol. The average Bonchev–Trinajstić information content (AvgIpc) is 2.57. The fraction of sp³-hybridized carbons (Fsp3) is 0.222. The first-order valence-electron chi connectivity index (χ1n) is 7.72. The number of nitrogens with zero attached hydrogens (tertiary/aromatic N) is 1. The Morgan fingerprint density at radius 3 is 2.50 bits per heavy atom. The minimum atomic E-state index is -4.01. The second-order valence-electron chi connectivity index (χ2n) is 5.64. The summed E-state index contributed by atoms with van der Waals surface area (Å²) in [5, 5.41) is 3.75. The van der Waals surface area contributed by atoms with Crippen molar-refractivity contribution in [2.75, 3.05) is 7.11 Å². The van der Waals surface area contributed by atoms with Crippen molar-refractivity contribution < 1.29 is 22.1 Å². The molecule has 0 saturated heterocycles.